The number of hydrogen-bond acceptors (Lipinski definition) is 14. The number of amides is 3. The molecule has 1 aromatic carbocycles. The van der Waals surface area contributed by atoms with Crippen molar-refractivity contribution in [3.05, 3.63) is 51.0 Å². The number of non-ortho nitro benzene ring substituents is 1. The van der Waals surface area contributed by atoms with Crippen LogP contribution in [0.1, 0.15) is 24.1 Å². The number of fused-ring (bicyclic) bond motifs is 3. The monoisotopic (exact) mass is 680 g/mol. The van der Waals surface area contributed by atoms with Gasteiger partial charge in [0, 0.05) is 29.2 Å². The van der Waals surface area contributed by atoms with E-state index in [1.165, 1.54) is 36.4 Å². The maximum atomic E-state index is 13.5. The first-order valence-corrected chi connectivity index (χ1v) is 15.9. The Morgan fingerprint density at radius 2 is 2.04 bits per heavy atom. The van der Waals surface area contributed by atoms with E-state index in [0.717, 1.165) is 21.8 Å². The van der Waals surface area contributed by atoms with Crippen LogP contribution >= 0.6 is 34.7 Å². The second kappa shape index (κ2) is 13.4. The molecule has 0 aliphatic carbocycles. The summed E-state index contributed by atoms with van der Waals surface area (Å²) in [4.78, 5) is 84.6. The third kappa shape index (κ3) is 6.30. The third-order valence-corrected chi connectivity index (χ3v) is 9.61. The van der Waals surface area contributed by atoms with Gasteiger partial charge in [0.25, 0.3) is 23.2 Å². The number of benzene rings is 1. The first kappa shape index (κ1) is 32.1. The highest BCUT2D eigenvalue weighted by atomic mass is 35.5. The molecule has 3 aliphatic rings. The Labute approximate surface area is 267 Å². The van der Waals surface area contributed by atoms with E-state index >= 15 is 0 Å². The fourth-order valence-electron chi connectivity index (χ4n) is 5.12. The van der Waals surface area contributed by atoms with Gasteiger partial charge in [-0.3, -0.25) is 34.2 Å². The lowest BCUT2D eigenvalue weighted by molar-refractivity contribution is -0.384. The number of aromatic nitrogens is 1. The summed E-state index contributed by atoms with van der Waals surface area (Å²) in [7, 11) is 1.22. The van der Waals surface area contributed by atoms with Gasteiger partial charge in [0.1, 0.15) is 30.1 Å². The zero-order chi connectivity index (χ0) is 32.3. The number of oxime groups is 1. The van der Waals surface area contributed by atoms with Gasteiger partial charge in [0.15, 0.2) is 10.8 Å². The molecule has 238 valence electrons. The number of esters is 2. The molecule has 3 aliphatic heterocycles. The molecular weight excluding hydrogens is 656 g/mol. The Kier molecular flexibility index (Phi) is 9.54. The maximum Gasteiger partial charge on any atom is 0.373 e. The smallest absolute Gasteiger partial charge is 0.373 e. The van der Waals surface area contributed by atoms with Crippen molar-refractivity contribution in [1.29, 1.82) is 0 Å². The Morgan fingerprint density at radius 1 is 1.29 bits per heavy atom. The van der Waals surface area contributed by atoms with Gasteiger partial charge in [0.2, 0.25) is 5.91 Å². The van der Waals surface area contributed by atoms with Gasteiger partial charge in [-0.25, -0.2) is 9.78 Å². The standard InChI is InChI=1S/C26H25ClN6O10S2/c1-41-31-19(16-12-45-25(28-16)29-17(34)10-27)21(36)30-20-22(37)32-23(20)44-11-14-9-18(35)43-26(14,32)24(38)42-8-2-3-13-4-6-15(7-5-13)33(39)40/h4-7,12,14,20,23H,2-3,8-11H2,1H3,(H,30,36)(H,28,29,34)/b31-19-/t14-,20-,23-,26+/m1/s1. The van der Waals surface area contributed by atoms with E-state index in [2.05, 4.69) is 20.8 Å². The molecule has 1 aromatic heterocycles. The van der Waals surface area contributed by atoms with Crippen LogP contribution < -0.4 is 10.6 Å². The number of aryl methyl sites for hydroxylation is 1. The van der Waals surface area contributed by atoms with Crippen LogP contribution in [0.15, 0.2) is 34.8 Å². The second-order valence-corrected chi connectivity index (χ2v) is 12.2. The molecule has 3 saturated heterocycles. The summed E-state index contributed by atoms with van der Waals surface area (Å²) >= 11 is 7.81. The van der Waals surface area contributed by atoms with Crippen molar-refractivity contribution in [1.82, 2.24) is 15.2 Å². The van der Waals surface area contributed by atoms with Gasteiger partial charge in [-0.05, 0) is 18.4 Å². The normalized spacial score (nSPS) is 23.6. The third-order valence-electron chi connectivity index (χ3n) is 7.19. The molecule has 16 nitrogen and oxygen atoms in total. The second-order valence-electron chi connectivity index (χ2n) is 9.96. The van der Waals surface area contributed by atoms with Crippen molar-refractivity contribution in [2.75, 3.05) is 30.7 Å². The highest BCUT2D eigenvalue weighted by Gasteiger charge is 2.71. The van der Waals surface area contributed by atoms with Crippen LogP contribution in [0.25, 0.3) is 0 Å². The Morgan fingerprint density at radius 3 is 2.73 bits per heavy atom. The highest BCUT2D eigenvalue weighted by Crippen LogP contribution is 2.51. The minimum Gasteiger partial charge on any atom is -0.461 e. The molecule has 4 atom stereocenters. The van der Waals surface area contributed by atoms with E-state index in [-0.39, 0.29) is 46.9 Å². The van der Waals surface area contributed by atoms with Gasteiger partial charge < -0.3 is 24.9 Å². The molecule has 3 amide bonds. The number of alkyl halides is 1. The SMILES string of the molecule is CO/N=C(\C(=O)N[C@@H]1C(=O)N2[C@@H]1SC[C@H]1CC(=O)O[C@]12C(=O)OCCCc1ccc([N+](=O)[O-])cc1)c1csc(NC(=O)CCl)n1. The number of carbonyl (C=O) groups excluding carboxylic acids is 5. The van der Waals surface area contributed by atoms with E-state index in [1.807, 2.05) is 0 Å². The lowest BCUT2D eigenvalue weighted by Gasteiger charge is -2.56. The zero-order valence-corrected chi connectivity index (χ0v) is 25.8. The van der Waals surface area contributed by atoms with Gasteiger partial charge in [-0.2, -0.15) is 0 Å². The van der Waals surface area contributed by atoms with Gasteiger partial charge in [-0.1, -0.05) is 17.3 Å². The molecule has 3 fully saturated rings. The molecule has 19 heteroatoms. The van der Waals surface area contributed by atoms with Gasteiger partial charge in [-0.15, -0.1) is 34.7 Å². The van der Waals surface area contributed by atoms with Crippen LogP contribution in [-0.2, 0) is 44.7 Å². The van der Waals surface area contributed by atoms with E-state index < -0.39 is 57.6 Å². The molecule has 5 rings (SSSR count). The largest absolute Gasteiger partial charge is 0.461 e. The van der Waals surface area contributed by atoms with Crippen LogP contribution in [0.5, 0.6) is 0 Å². The van der Waals surface area contributed by atoms with Crippen molar-refractivity contribution >= 4 is 80.9 Å². The number of hydrogen-bond donors (Lipinski definition) is 2. The van der Waals surface area contributed by atoms with Gasteiger partial charge in [0.05, 0.1) is 18.0 Å². The predicted molar refractivity (Wildman–Crippen MR) is 159 cm³/mol. The number of nitrogens with one attached hydrogen (secondary N) is 2. The lowest BCUT2D eigenvalue weighted by atomic mass is 9.89. The van der Waals surface area contributed by atoms with Crippen molar-refractivity contribution in [2.24, 2.45) is 11.1 Å². The number of thiazole rings is 1. The molecule has 4 heterocycles. The molecule has 0 unspecified atom stereocenters. The van der Waals surface area contributed by atoms with E-state index in [1.54, 1.807) is 12.1 Å². The summed E-state index contributed by atoms with van der Waals surface area (Å²) in [6, 6.07) is 4.89. The number of nitro groups is 1. The molecular formula is C26H25ClN6O10S2. The predicted octanol–water partition coefficient (Wildman–Crippen LogP) is 1.41. The topological polar surface area (TPSA) is 209 Å². The van der Waals surface area contributed by atoms with Crippen molar-refractivity contribution < 1.29 is 43.2 Å². The zero-order valence-electron chi connectivity index (χ0n) is 23.4. The average molecular weight is 681 g/mol. The number of ether oxygens (including phenoxy) is 2. The molecule has 45 heavy (non-hydrogen) atoms. The molecule has 2 N–H and O–H groups in total. The first-order chi connectivity index (χ1) is 21.6. The highest BCUT2D eigenvalue weighted by molar-refractivity contribution is 8.00. The van der Waals surface area contributed by atoms with Crippen molar-refractivity contribution in [3.8, 4) is 0 Å². The fourth-order valence-corrected chi connectivity index (χ4v) is 7.46. The van der Waals surface area contributed by atoms with Crippen LogP contribution in [0.3, 0.4) is 0 Å². The number of halogens is 1. The number of β-lactam (4-membered cyclic amide) rings is 1. The van der Waals surface area contributed by atoms with Crippen LogP contribution in [0.4, 0.5) is 10.8 Å². The summed E-state index contributed by atoms with van der Waals surface area (Å²) in [5.74, 6) is -4.17. The minimum absolute atomic E-state index is 0.0376. The number of carbonyl (C=O) groups is 5. The molecule has 0 bridgehead atoms. The van der Waals surface area contributed by atoms with Crippen LogP contribution in [-0.4, -0.2) is 92.7 Å². The van der Waals surface area contributed by atoms with Gasteiger partial charge >= 0.3 is 11.9 Å². The van der Waals surface area contributed by atoms with Crippen LogP contribution in [0.2, 0.25) is 0 Å². The summed E-state index contributed by atoms with van der Waals surface area (Å²) in [5.41, 5.74) is -1.39. The van der Waals surface area contributed by atoms with E-state index in [4.69, 9.17) is 25.9 Å². The van der Waals surface area contributed by atoms with Crippen molar-refractivity contribution in [2.45, 2.75) is 36.4 Å². The first-order valence-electron chi connectivity index (χ1n) is 13.4. The van der Waals surface area contributed by atoms with Crippen LogP contribution in [0, 0.1) is 16.0 Å². The maximum absolute atomic E-state index is 13.5. The van der Waals surface area contributed by atoms with E-state index in [9.17, 15) is 34.1 Å². The summed E-state index contributed by atoms with van der Waals surface area (Å²) in [5, 5.41) is 20.5. The molecule has 0 radical (unpaired) electrons. The summed E-state index contributed by atoms with van der Waals surface area (Å²) in [6.07, 6.45) is 0.746. The molecule has 0 saturated carbocycles. The fraction of sp³-hybridized carbons (Fsp3) is 0.423. The number of anilines is 1. The average Bonchev–Trinajstić information content (AvgIpc) is 3.63. The molecule has 0 spiro atoms. The summed E-state index contributed by atoms with van der Waals surface area (Å²) < 4.78 is 11.0. The summed E-state index contributed by atoms with van der Waals surface area (Å²) in [6.45, 7) is -0.0559. The number of nitrogens with zero attached hydrogens (tertiary/aromatic N) is 4. The number of nitro benzene ring substituents is 1. The number of rotatable bonds is 12. The lowest BCUT2D eigenvalue weighted by Crippen LogP contribution is -2.80. The Hall–Kier alpha value is -4.29. The number of thioether (sulfide) groups is 1. The Bertz CT molecular complexity index is 1570. The quantitative estimate of drug-likeness (QED) is 0.0620. The van der Waals surface area contributed by atoms with E-state index in [0.29, 0.717) is 12.8 Å². The molecule has 2 aromatic rings. The van der Waals surface area contributed by atoms with Crippen molar-refractivity contribution in [3.63, 3.8) is 0 Å². The Balaban J connectivity index is 1.24. The minimum atomic E-state index is -1.97.